The molecule has 0 saturated heterocycles. The van der Waals surface area contributed by atoms with Gasteiger partial charge >= 0.3 is 0 Å². The van der Waals surface area contributed by atoms with Crippen LogP contribution in [0.5, 0.6) is 5.75 Å². The zero-order chi connectivity index (χ0) is 22.0. The van der Waals surface area contributed by atoms with Gasteiger partial charge in [-0.05, 0) is 41.3 Å². The number of fused-ring (bicyclic) bond motifs is 1. The predicted octanol–water partition coefficient (Wildman–Crippen LogP) is 4.14. The Balaban J connectivity index is 1.35. The number of carbonyl (C=O) groups is 1. The molecule has 3 heterocycles. The number of rotatable bonds is 6. The van der Waals surface area contributed by atoms with Crippen molar-refractivity contribution in [3.05, 3.63) is 84.1 Å². The quantitative estimate of drug-likeness (QED) is 0.473. The topological polar surface area (TPSA) is 64.7 Å². The second-order valence-electron chi connectivity index (χ2n) is 8.65. The van der Waals surface area contributed by atoms with Gasteiger partial charge in [-0.3, -0.25) is 4.79 Å². The number of imidazole rings is 1. The van der Waals surface area contributed by atoms with Gasteiger partial charge in [-0.15, -0.1) is 0 Å². The van der Waals surface area contributed by atoms with E-state index in [0.29, 0.717) is 12.2 Å². The van der Waals surface area contributed by atoms with Crippen LogP contribution in [0.4, 0.5) is 0 Å². The maximum absolute atomic E-state index is 12.8. The number of pyridine rings is 1. The van der Waals surface area contributed by atoms with Crippen LogP contribution in [0.1, 0.15) is 42.5 Å². The first kappa shape index (κ1) is 20.7. The van der Waals surface area contributed by atoms with Crippen LogP contribution in [0.3, 0.4) is 0 Å². The second-order valence-corrected chi connectivity index (χ2v) is 8.65. The second kappa shape index (κ2) is 8.26. The molecule has 1 aromatic carbocycles. The minimum atomic E-state index is -0.162. The van der Waals surface area contributed by atoms with E-state index in [9.17, 15) is 4.79 Å². The van der Waals surface area contributed by atoms with Crippen LogP contribution in [0, 0.1) is 0 Å². The summed E-state index contributed by atoms with van der Waals surface area (Å²) in [4.78, 5) is 18.9. The van der Waals surface area contributed by atoms with E-state index in [4.69, 9.17) is 4.74 Å². The van der Waals surface area contributed by atoms with Crippen LogP contribution in [0.25, 0.3) is 5.65 Å². The molecule has 0 fully saturated rings. The molecule has 7 heteroatoms. The van der Waals surface area contributed by atoms with Crippen molar-refractivity contribution in [3.63, 3.8) is 0 Å². The third-order valence-electron chi connectivity index (χ3n) is 5.10. The number of ether oxygens (including phenoxy) is 1. The molecule has 4 rings (SSSR count). The fourth-order valence-electron chi connectivity index (χ4n) is 3.31. The minimum absolute atomic E-state index is 0.102. The normalized spacial score (nSPS) is 11.6. The van der Waals surface area contributed by atoms with Gasteiger partial charge in [0.1, 0.15) is 11.4 Å². The van der Waals surface area contributed by atoms with Crippen LogP contribution in [-0.2, 0) is 18.7 Å². The Labute approximate surface area is 181 Å². The number of nitrogens with zero attached hydrogens (tertiary/aromatic N) is 5. The molecule has 0 unspecified atom stereocenters. The minimum Gasteiger partial charge on any atom is -0.471 e. The zero-order valence-electron chi connectivity index (χ0n) is 18.3. The highest BCUT2D eigenvalue weighted by Crippen LogP contribution is 2.24. The lowest BCUT2D eigenvalue weighted by Gasteiger charge is -2.19. The van der Waals surface area contributed by atoms with E-state index in [-0.39, 0.29) is 18.1 Å². The van der Waals surface area contributed by atoms with Gasteiger partial charge in [-0.25, -0.2) is 9.67 Å². The molecule has 31 heavy (non-hydrogen) atoms. The van der Waals surface area contributed by atoms with Gasteiger partial charge in [0.15, 0.2) is 12.4 Å². The molecule has 4 aromatic rings. The van der Waals surface area contributed by atoms with E-state index >= 15 is 0 Å². The SMILES string of the molecule is CN(Cc1cn2ccccc2n1)C(=O)c1ccn(COc2ccc(C(C)(C)C)cc2)n1. The van der Waals surface area contributed by atoms with E-state index in [0.717, 1.165) is 17.1 Å². The lowest BCUT2D eigenvalue weighted by Crippen LogP contribution is -2.27. The standard InChI is InChI=1S/C24H27N5O2/c1-24(2,3)18-8-10-20(11-9-18)31-17-29-14-12-21(26-29)23(30)27(4)15-19-16-28-13-6-5-7-22(28)25-19/h5-14,16H,15,17H2,1-4H3. The molecular formula is C24H27N5O2. The number of benzene rings is 1. The summed E-state index contributed by atoms with van der Waals surface area (Å²) in [5.41, 5.74) is 3.41. The molecule has 0 atom stereocenters. The van der Waals surface area contributed by atoms with Crippen LogP contribution in [-0.4, -0.2) is 37.0 Å². The van der Waals surface area contributed by atoms with Crippen molar-refractivity contribution < 1.29 is 9.53 Å². The Morgan fingerprint density at radius 3 is 2.55 bits per heavy atom. The summed E-state index contributed by atoms with van der Waals surface area (Å²) >= 11 is 0. The largest absolute Gasteiger partial charge is 0.471 e. The fraction of sp³-hybridized carbons (Fsp3) is 0.292. The van der Waals surface area contributed by atoms with Gasteiger partial charge < -0.3 is 14.0 Å². The molecule has 0 aliphatic carbocycles. The van der Waals surface area contributed by atoms with Crippen molar-refractivity contribution in [1.29, 1.82) is 0 Å². The molecule has 3 aromatic heterocycles. The van der Waals surface area contributed by atoms with Crippen molar-refractivity contribution in [1.82, 2.24) is 24.1 Å². The molecule has 0 aliphatic heterocycles. The van der Waals surface area contributed by atoms with Gasteiger partial charge in [0.25, 0.3) is 5.91 Å². The maximum atomic E-state index is 12.8. The Bertz CT molecular complexity index is 1150. The predicted molar refractivity (Wildman–Crippen MR) is 119 cm³/mol. The number of aromatic nitrogens is 4. The molecule has 1 amide bonds. The molecule has 7 nitrogen and oxygen atoms in total. The molecule has 0 aliphatic rings. The number of carbonyl (C=O) groups excluding carboxylic acids is 1. The first-order chi connectivity index (χ1) is 14.8. The van der Waals surface area contributed by atoms with Crippen LogP contribution >= 0.6 is 0 Å². The molecule has 0 N–H and O–H groups in total. The Morgan fingerprint density at radius 1 is 1.06 bits per heavy atom. The summed E-state index contributed by atoms with van der Waals surface area (Å²) < 4.78 is 9.36. The summed E-state index contributed by atoms with van der Waals surface area (Å²) in [5.74, 6) is 0.602. The smallest absolute Gasteiger partial charge is 0.274 e. The molecule has 0 bridgehead atoms. The van der Waals surface area contributed by atoms with E-state index in [2.05, 4.69) is 43.0 Å². The van der Waals surface area contributed by atoms with Gasteiger partial charge in [0, 0.05) is 25.6 Å². The van der Waals surface area contributed by atoms with Gasteiger partial charge in [0.05, 0.1) is 12.2 Å². The zero-order valence-corrected chi connectivity index (χ0v) is 18.3. The van der Waals surface area contributed by atoms with Crippen LogP contribution in [0.2, 0.25) is 0 Å². The van der Waals surface area contributed by atoms with E-state index < -0.39 is 0 Å². The van der Waals surface area contributed by atoms with E-state index in [1.54, 1.807) is 28.9 Å². The Kier molecular flexibility index (Phi) is 5.50. The maximum Gasteiger partial charge on any atom is 0.274 e. The van der Waals surface area contributed by atoms with Crippen molar-refractivity contribution in [2.75, 3.05) is 7.05 Å². The average Bonchev–Trinajstić information content (AvgIpc) is 3.37. The van der Waals surface area contributed by atoms with Crippen LogP contribution < -0.4 is 4.74 Å². The first-order valence-electron chi connectivity index (χ1n) is 10.2. The van der Waals surface area contributed by atoms with E-state index in [1.807, 2.05) is 47.1 Å². The highest BCUT2D eigenvalue weighted by molar-refractivity contribution is 5.91. The third kappa shape index (κ3) is 4.77. The highest BCUT2D eigenvalue weighted by Gasteiger charge is 2.17. The average molecular weight is 418 g/mol. The number of hydrogen-bond acceptors (Lipinski definition) is 4. The third-order valence-corrected chi connectivity index (χ3v) is 5.10. The summed E-state index contributed by atoms with van der Waals surface area (Å²) in [6, 6.07) is 15.6. The first-order valence-corrected chi connectivity index (χ1v) is 10.2. The number of hydrogen-bond donors (Lipinski definition) is 0. The highest BCUT2D eigenvalue weighted by atomic mass is 16.5. The molecule has 0 saturated carbocycles. The van der Waals surface area contributed by atoms with Crippen molar-refractivity contribution in [2.45, 2.75) is 39.5 Å². The lowest BCUT2D eigenvalue weighted by molar-refractivity contribution is 0.0775. The molecule has 160 valence electrons. The van der Waals surface area contributed by atoms with Gasteiger partial charge in [-0.1, -0.05) is 39.0 Å². The number of amides is 1. The van der Waals surface area contributed by atoms with Gasteiger partial charge in [0.2, 0.25) is 0 Å². The Hall–Kier alpha value is -3.61. The van der Waals surface area contributed by atoms with E-state index in [1.165, 1.54) is 5.56 Å². The van der Waals surface area contributed by atoms with Gasteiger partial charge in [-0.2, -0.15) is 5.10 Å². The van der Waals surface area contributed by atoms with Crippen molar-refractivity contribution in [2.24, 2.45) is 0 Å². The summed E-state index contributed by atoms with van der Waals surface area (Å²) in [5, 5.41) is 4.36. The fourth-order valence-corrected chi connectivity index (χ4v) is 3.31. The summed E-state index contributed by atoms with van der Waals surface area (Å²) in [6.07, 6.45) is 5.61. The molecule has 0 radical (unpaired) electrons. The monoisotopic (exact) mass is 417 g/mol. The molecular weight excluding hydrogens is 390 g/mol. The lowest BCUT2D eigenvalue weighted by atomic mass is 9.87. The van der Waals surface area contributed by atoms with Crippen LogP contribution in [0.15, 0.2) is 67.1 Å². The molecule has 0 spiro atoms. The summed E-state index contributed by atoms with van der Waals surface area (Å²) in [7, 11) is 1.75. The van der Waals surface area contributed by atoms with Crippen molar-refractivity contribution in [3.8, 4) is 5.75 Å². The Morgan fingerprint density at radius 2 is 1.84 bits per heavy atom. The van der Waals surface area contributed by atoms with Crippen molar-refractivity contribution >= 4 is 11.6 Å². The summed E-state index contributed by atoms with van der Waals surface area (Å²) in [6.45, 7) is 7.17.